The third-order valence-electron chi connectivity index (χ3n) is 3.56. The highest BCUT2D eigenvalue weighted by Crippen LogP contribution is 2.18. The number of nitro groups is 1. The second-order valence-corrected chi connectivity index (χ2v) is 4.87. The van der Waals surface area contributed by atoms with Gasteiger partial charge >= 0.3 is 0 Å². The molecule has 1 aromatic rings. The number of nitrogens with zero attached hydrogens (tertiary/aromatic N) is 1. The van der Waals surface area contributed by atoms with Crippen LogP contribution in [0.15, 0.2) is 18.2 Å². The summed E-state index contributed by atoms with van der Waals surface area (Å²) in [6, 6.07) is 4.09. The molecule has 2 N–H and O–H groups in total. The third-order valence-corrected chi connectivity index (χ3v) is 3.56. The van der Waals surface area contributed by atoms with E-state index in [2.05, 4.69) is 5.32 Å². The first-order valence-corrected chi connectivity index (χ1v) is 6.58. The molecule has 0 spiro atoms. The van der Waals surface area contributed by atoms with Gasteiger partial charge in [-0.3, -0.25) is 14.9 Å². The van der Waals surface area contributed by atoms with Crippen molar-refractivity contribution in [1.29, 1.82) is 0 Å². The smallest absolute Gasteiger partial charge is 0.269 e. The summed E-state index contributed by atoms with van der Waals surface area (Å²) in [7, 11) is 0. The van der Waals surface area contributed by atoms with E-state index >= 15 is 0 Å². The van der Waals surface area contributed by atoms with Gasteiger partial charge in [0.25, 0.3) is 11.6 Å². The summed E-state index contributed by atoms with van der Waals surface area (Å²) in [5.74, 6) is -0.335. The minimum absolute atomic E-state index is 0.0438. The van der Waals surface area contributed by atoms with Crippen LogP contribution in [-0.2, 0) is 0 Å². The fourth-order valence-corrected chi connectivity index (χ4v) is 1.86. The molecule has 0 saturated heterocycles. The molecule has 110 valence electrons. The fourth-order valence-electron chi connectivity index (χ4n) is 1.86. The minimum atomic E-state index is -0.912. The zero-order valence-electron chi connectivity index (χ0n) is 12.0. The van der Waals surface area contributed by atoms with Gasteiger partial charge < -0.3 is 10.4 Å². The summed E-state index contributed by atoms with van der Waals surface area (Å²) in [6.45, 7) is 5.52. The van der Waals surface area contributed by atoms with Gasteiger partial charge in [-0.25, -0.2) is 0 Å². The number of hydrogen-bond donors (Lipinski definition) is 2. The first-order valence-electron chi connectivity index (χ1n) is 6.58. The van der Waals surface area contributed by atoms with Crippen molar-refractivity contribution in [3.05, 3.63) is 39.4 Å². The lowest BCUT2D eigenvalue weighted by Crippen LogP contribution is -2.42. The number of non-ortho nitro benzene ring substituents is 1. The van der Waals surface area contributed by atoms with Crippen LogP contribution < -0.4 is 5.32 Å². The Morgan fingerprint density at radius 1 is 1.40 bits per heavy atom. The molecule has 1 amide bonds. The van der Waals surface area contributed by atoms with Gasteiger partial charge in [0.1, 0.15) is 0 Å². The van der Waals surface area contributed by atoms with Crippen LogP contribution in [0.4, 0.5) is 5.69 Å². The van der Waals surface area contributed by atoms with Crippen LogP contribution >= 0.6 is 0 Å². The second kappa shape index (κ2) is 6.47. The number of carbonyl (C=O) groups is 1. The predicted octanol–water partition coefficient (Wildman–Crippen LogP) is 2.18. The number of hydrogen-bond acceptors (Lipinski definition) is 4. The van der Waals surface area contributed by atoms with E-state index < -0.39 is 10.5 Å². The molecular formula is C14H20N2O4. The van der Waals surface area contributed by atoms with Crippen molar-refractivity contribution in [2.24, 2.45) is 0 Å². The van der Waals surface area contributed by atoms with Crippen molar-refractivity contribution in [3.8, 4) is 0 Å². The molecule has 20 heavy (non-hydrogen) atoms. The average Bonchev–Trinajstić information content (AvgIpc) is 2.44. The Labute approximate surface area is 118 Å². The van der Waals surface area contributed by atoms with Gasteiger partial charge in [0.15, 0.2) is 0 Å². The Morgan fingerprint density at radius 2 is 2.00 bits per heavy atom. The summed E-state index contributed by atoms with van der Waals surface area (Å²) in [4.78, 5) is 22.2. The van der Waals surface area contributed by atoms with Crippen molar-refractivity contribution in [2.75, 3.05) is 6.54 Å². The molecule has 0 atom stereocenters. The lowest BCUT2D eigenvalue weighted by atomic mass is 9.97. The van der Waals surface area contributed by atoms with Gasteiger partial charge in [0, 0.05) is 24.2 Å². The maximum Gasteiger partial charge on any atom is 0.269 e. The number of benzene rings is 1. The minimum Gasteiger partial charge on any atom is -0.388 e. The van der Waals surface area contributed by atoms with E-state index in [1.165, 1.54) is 18.2 Å². The number of carbonyl (C=O) groups excluding carboxylic acids is 1. The van der Waals surface area contributed by atoms with Crippen molar-refractivity contribution in [2.45, 2.75) is 39.2 Å². The molecule has 0 aliphatic heterocycles. The van der Waals surface area contributed by atoms with Gasteiger partial charge in [-0.15, -0.1) is 0 Å². The van der Waals surface area contributed by atoms with Crippen molar-refractivity contribution in [1.82, 2.24) is 5.32 Å². The summed E-state index contributed by atoms with van der Waals surface area (Å²) in [6.07, 6.45) is 1.09. The molecule has 6 nitrogen and oxygen atoms in total. The first kappa shape index (κ1) is 16.1. The molecule has 1 aromatic carbocycles. The lowest BCUT2D eigenvalue weighted by Gasteiger charge is -2.25. The molecule has 0 aromatic heterocycles. The van der Waals surface area contributed by atoms with Crippen LogP contribution in [-0.4, -0.2) is 28.1 Å². The van der Waals surface area contributed by atoms with E-state index in [0.29, 0.717) is 24.0 Å². The van der Waals surface area contributed by atoms with Gasteiger partial charge in [-0.2, -0.15) is 0 Å². The zero-order valence-corrected chi connectivity index (χ0v) is 12.0. The maximum atomic E-state index is 12.0. The van der Waals surface area contributed by atoms with E-state index in [4.69, 9.17) is 0 Å². The molecule has 0 fully saturated rings. The molecule has 0 bridgehead atoms. The maximum absolute atomic E-state index is 12.0. The molecular weight excluding hydrogens is 260 g/mol. The van der Waals surface area contributed by atoms with Gasteiger partial charge in [0.05, 0.1) is 10.5 Å². The highest BCUT2D eigenvalue weighted by atomic mass is 16.6. The van der Waals surface area contributed by atoms with Crippen LogP contribution in [0.3, 0.4) is 0 Å². The summed E-state index contributed by atoms with van der Waals surface area (Å²) < 4.78 is 0. The Bertz CT molecular complexity index is 510. The van der Waals surface area contributed by atoms with E-state index in [1.54, 1.807) is 6.92 Å². The summed E-state index contributed by atoms with van der Waals surface area (Å²) in [5, 5.41) is 23.4. The molecule has 0 unspecified atom stereocenters. The van der Waals surface area contributed by atoms with Crippen LogP contribution in [0.5, 0.6) is 0 Å². The standard InChI is InChI=1S/C14H20N2O4/c1-4-14(18,5-2)9-15-13(17)12-7-6-11(16(19)20)8-10(12)3/h6-8,18H,4-5,9H2,1-3H3,(H,15,17). The fraction of sp³-hybridized carbons (Fsp3) is 0.500. The van der Waals surface area contributed by atoms with E-state index in [0.717, 1.165) is 0 Å². The van der Waals surface area contributed by atoms with E-state index in [9.17, 15) is 20.0 Å². The monoisotopic (exact) mass is 280 g/mol. The van der Waals surface area contributed by atoms with Gasteiger partial charge in [0.2, 0.25) is 0 Å². The molecule has 0 saturated carbocycles. The topological polar surface area (TPSA) is 92.5 Å². The van der Waals surface area contributed by atoms with Crippen LogP contribution in [0.2, 0.25) is 0 Å². The Kier molecular flexibility index (Phi) is 5.21. The Balaban J connectivity index is 2.81. The molecule has 0 heterocycles. The molecule has 1 rings (SSSR count). The zero-order chi connectivity index (χ0) is 15.3. The van der Waals surface area contributed by atoms with E-state index in [1.807, 2.05) is 13.8 Å². The SMILES string of the molecule is CCC(O)(CC)CNC(=O)c1ccc([N+](=O)[O-])cc1C. The highest BCUT2D eigenvalue weighted by molar-refractivity contribution is 5.95. The molecule has 6 heteroatoms. The van der Waals surface area contributed by atoms with Crippen LogP contribution in [0, 0.1) is 17.0 Å². The Morgan fingerprint density at radius 3 is 2.45 bits per heavy atom. The summed E-state index contributed by atoms with van der Waals surface area (Å²) in [5.41, 5.74) is -0.0410. The van der Waals surface area contributed by atoms with Gasteiger partial charge in [-0.1, -0.05) is 13.8 Å². The quantitative estimate of drug-likeness (QED) is 0.617. The Hall–Kier alpha value is -1.95. The van der Waals surface area contributed by atoms with Crippen LogP contribution in [0.25, 0.3) is 0 Å². The van der Waals surface area contributed by atoms with Gasteiger partial charge in [-0.05, 0) is 31.4 Å². The van der Waals surface area contributed by atoms with Crippen LogP contribution in [0.1, 0.15) is 42.6 Å². The highest BCUT2D eigenvalue weighted by Gasteiger charge is 2.23. The molecule has 0 aliphatic carbocycles. The first-order chi connectivity index (χ1) is 9.33. The number of amides is 1. The number of nitro benzene ring substituents is 1. The molecule has 0 aliphatic rings. The molecule has 0 radical (unpaired) electrons. The largest absolute Gasteiger partial charge is 0.388 e. The third kappa shape index (κ3) is 3.77. The lowest BCUT2D eigenvalue weighted by molar-refractivity contribution is -0.384. The second-order valence-electron chi connectivity index (χ2n) is 4.87. The van der Waals surface area contributed by atoms with Crippen molar-refractivity contribution >= 4 is 11.6 Å². The summed E-state index contributed by atoms with van der Waals surface area (Å²) >= 11 is 0. The predicted molar refractivity (Wildman–Crippen MR) is 75.7 cm³/mol. The average molecular weight is 280 g/mol. The van der Waals surface area contributed by atoms with Crippen molar-refractivity contribution < 1.29 is 14.8 Å². The number of aliphatic hydroxyl groups is 1. The normalized spacial score (nSPS) is 11.2. The van der Waals surface area contributed by atoms with Crippen molar-refractivity contribution in [3.63, 3.8) is 0 Å². The number of aryl methyl sites for hydroxylation is 1. The number of rotatable bonds is 6. The van der Waals surface area contributed by atoms with E-state index in [-0.39, 0.29) is 18.1 Å². The number of nitrogens with one attached hydrogen (secondary N) is 1.